The molecule has 3 aromatic rings. The molecule has 0 spiro atoms. The summed E-state index contributed by atoms with van der Waals surface area (Å²) in [5, 5.41) is 10.4. The van der Waals surface area contributed by atoms with Gasteiger partial charge in [0.05, 0.1) is 18.4 Å². The first-order valence-corrected chi connectivity index (χ1v) is 13.7. The number of anilines is 1. The van der Waals surface area contributed by atoms with Crippen molar-refractivity contribution in [2.75, 3.05) is 25.1 Å². The van der Waals surface area contributed by atoms with Crippen LogP contribution in [0.5, 0.6) is 5.75 Å². The summed E-state index contributed by atoms with van der Waals surface area (Å²) in [6, 6.07) is 16.4. The Morgan fingerprint density at radius 2 is 1.59 bits per heavy atom. The lowest BCUT2D eigenvalue weighted by atomic mass is 9.81. The van der Waals surface area contributed by atoms with Gasteiger partial charge in [-0.05, 0) is 81.7 Å². The molecule has 0 saturated carbocycles. The maximum absolute atomic E-state index is 12.7. The summed E-state index contributed by atoms with van der Waals surface area (Å²) in [7, 11) is 1.67. The molecule has 0 unspecified atom stereocenters. The Labute approximate surface area is 233 Å². The predicted molar refractivity (Wildman–Crippen MR) is 158 cm³/mol. The smallest absolute Gasteiger partial charge is 0.337 e. The molecule has 2 aromatic carbocycles. The van der Waals surface area contributed by atoms with Crippen molar-refractivity contribution < 1.29 is 19.4 Å². The molecule has 2 heterocycles. The fourth-order valence-electron chi connectivity index (χ4n) is 5.39. The van der Waals surface area contributed by atoms with Crippen LogP contribution in [-0.4, -0.2) is 41.9 Å². The van der Waals surface area contributed by atoms with Gasteiger partial charge >= 0.3 is 5.97 Å². The minimum atomic E-state index is -1.13. The minimum Gasteiger partial charge on any atom is -0.497 e. The minimum absolute atomic E-state index is 0.250. The average Bonchev–Trinajstić information content (AvgIpc) is 2.87. The third-order valence-corrected chi connectivity index (χ3v) is 7.55. The molecule has 0 radical (unpaired) electrons. The summed E-state index contributed by atoms with van der Waals surface area (Å²) >= 11 is 0. The fourth-order valence-corrected chi connectivity index (χ4v) is 5.39. The number of carbonyl (C=O) groups is 1. The zero-order chi connectivity index (χ0) is 28.5. The van der Waals surface area contributed by atoms with Crippen LogP contribution in [0.4, 0.5) is 5.69 Å². The maximum Gasteiger partial charge on any atom is 0.337 e. The van der Waals surface area contributed by atoms with Crippen molar-refractivity contribution in [3.05, 3.63) is 65.5 Å². The van der Waals surface area contributed by atoms with Crippen LogP contribution >= 0.6 is 0 Å². The molecule has 1 N–H and O–H groups in total. The van der Waals surface area contributed by atoms with Crippen LogP contribution in [0.3, 0.4) is 0 Å². The molecule has 1 saturated heterocycles. The van der Waals surface area contributed by atoms with Crippen LogP contribution in [0.25, 0.3) is 22.3 Å². The van der Waals surface area contributed by atoms with Gasteiger partial charge in [0, 0.05) is 35.6 Å². The van der Waals surface area contributed by atoms with E-state index < -0.39 is 17.7 Å². The number of piperidine rings is 1. The van der Waals surface area contributed by atoms with Crippen LogP contribution in [0, 0.1) is 19.3 Å². The Hall–Kier alpha value is -3.38. The first kappa shape index (κ1) is 28.6. The molecule has 208 valence electrons. The number of ether oxygens (including phenoxy) is 2. The third-order valence-electron chi connectivity index (χ3n) is 7.55. The number of methoxy groups -OCH3 is 1. The average molecular weight is 531 g/mol. The number of hydrogen-bond donors (Lipinski definition) is 1. The summed E-state index contributed by atoms with van der Waals surface area (Å²) in [6.45, 7) is 15.9. The van der Waals surface area contributed by atoms with Gasteiger partial charge in [0.1, 0.15) is 5.75 Å². The van der Waals surface area contributed by atoms with E-state index in [9.17, 15) is 9.90 Å². The topological polar surface area (TPSA) is 71.9 Å². The van der Waals surface area contributed by atoms with Crippen LogP contribution in [0.2, 0.25) is 0 Å². The second kappa shape index (κ2) is 11.0. The number of aliphatic carboxylic acids is 1. The van der Waals surface area contributed by atoms with E-state index in [1.54, 1.807) is 7.11 Å². The van der Waals surface area contributed by atoms with Crippen molar-refractivity contribution in [3.63, 3.8) is 0 Å². The Bertz CT molecular complexity index is 1330. The number of pyridine rings is 1. The maximum atomic E-state index is 12.7. The normalized spacial score (nSPS) is 16.2. The van der Waals surface area contributed by atoms with E-state index in [0.717, 1.165) is 65.3 Å². The fraction of sp³-hybridized carbons (Fsp3) is 0.455. The highest BCUT2D eigenvalue weighted by Crippen LogP contribution is 2.45. The van der Waals surface area contributed by atoms with Gasteiger partial charge in [-0.3, -0.25) is 4.98 Å². The molecule has 1 aromatic heterocycles. The van der Waals surface area contributed by atoms with Gasteiger partial charge in [0.15, 0.2) is 6.10 Å². The lowest BCUT2D eigenvalue weighted by molar-refractivity contribution is -0.160. The van der Waals surface area contributed by atoms with E-state index in [-0.39, 0.29) is 5.41 Å². The standard InChI is InChI=1S/C33H42N2O4/c1-21-27(24-14-12-23(13-15-24)25-10-9-11-26(20-25)38-8)29(35-18-16-33(6,7)17-19-35)28(22(2)34-21)30(31(36)37)39-32(3,4)5/h9-15,20,30H,16-19H2,1-8H3,(H,36,37)/t30-/m0/s1. The molecule has 1 aliphatic rings. The van der Waals surface area contributed by atoms with E-state index in [0.29, 0.717) is 11.3 Å². The molecule has 1 fully saturated rings. The summed E-state index contributed by atoms with van der Waals surface area (Å²) in [6.07, 6.45) is 0.926. The predicted octanol–water partition coefficient (Wildman–Crippen LogP) is 7.61. The SMILES string of the molecule is COc1cccc(-c2ccc(-c3c(C)nc(C)c([C@H](OC(C)(C)C)C(=O)O)c3N3CCC(C)(C)CC3)cc2)c1. The number of hydrogen-bond acceptors (Lipinski definition) is 5. The Morgan fingerprint density at radius 3 is 2.15 bits per heavy atom. The Balaban J connectivity index is 1.90. The van der Waals surface area contributed by atoms with Crippen molar-refractivity contribution in [2.45, 2.75) is 73.0 Å². The highest BCUT2D eigenvalue weighted by molar-refractivity contribution is 5.88. The van der Waals surface area contributed by atoms with Crippen molar-refractivity contribution in [2.24, 2.45) is 5.41 Å². The first-order valence-electron chi connectivity index (χ1n) is 13.7. The second-order valence-corrected chi connectivity index (χ2v) is 12.3. The molecule has 4 rings (SSSR count). The van der Waals surface area contributed by atoms with Crippen LogP contribution < -0.4 is 9.64 Å². The Morgan fingerprint density at radius 1 is 0.974 bits per heavy atom. The number of nitrogens with zero attached hydrogens (tertiary/aromatic N) is 2. The van der Waals surface area contributed by atoms with E-state index in [2.05, 4.69) is 49.1 Å². The van der Waals surface area contributed by atoms with Crippen molar-refractivity contribution in [1.82, 2.24) is 4.98 Å². The quantitative estimate of drug-likeness (QED) is 0.339. The van der Waals surface area contributed by atoms with Crippen LogP contribution in [-0.2, 0) is 9.53 Å². The summed E-state index contributed by atoms with van der Waals surface area (Å²) in [5.41, 5.74) is 6.89. The van der Waals surface area contributed by atoms with Gasteiger partial charge in [0.25, 0.3) is 0 Å². The monoisotopic (exact) mass is 530 g/mol. The lowest BCUT2D eigenvalue weighted by Gasteiger charge is -2.41. The molecule has 0 amide bonds. The molecular weight excluding hydrogens is 488 g/mol. The summed E-state index contributed by atoms with van der Waals surface area (Å²) in [5.74, 6) is -0.190. The van der Waals surface area contributed by atoms with Gasteiger partial charge in [-0.15, -0.1) is 0 Å². The van der Waals surface area contributed by atoms with Crippen molar-refractivity contribution in [1.29, 1.82) is 0 Å². The van der Waals surface area contributed by atoms with Crippen LogP contribution in [0.15, 0.2) is 48.5 Å². The number of carboxylic acid groups (broad SMARTS) is 1. The molecule has 6 heteroatoms. The molecule has 39 heavy (non-hydrogen) atoms. The summed E-state index contributed by atoms with van der Waals surface area (Å²) < 4.78 is 11.6. The molecule has 1 aliphatic heterocycles. The first-order chi connectivity index (χ1) is 18.3. The van der Waals surface area contributed by atoms with Gasteiger partial charge in [-0.2, -0.15) is 0 Å². The van der Waals surface area contributed by atoms with Gasteiger partial charge in [-0.1, -0.05) is 50.2 Å². The zero-order valence-electron chi connectivity index (χ0n) is 24.6. The summed E-state index contributed by atoms with van der Waals surface area (Å²) in [4.78, 5) is 19.9. The third kappa shape index (κ3) is 6.44. The molecule has 0 bridgehead atoms. The van der Waals surface area contributed by atoms with Gasteiger partial charge < -0.3 is 19.5 Å². The Kier molecular flexibility index (Phi) is 8.08. The van der Waals surface area contributed by atoms with Crippen LogP contribution in [0.1, 0.15) is 70.5 Å². The van der Waals surface area contributed by atoms with E-state index in [4.69, 9.17) is 14.5 Å². The second-order valence-electron chi connectivity index (χ2n) is 12.3. The lowest BCUT2D eigenvalue weighted by Crippen LogP contribution is -2.39. The highest BCUT2D eigenvalue weighted by Gasteiger charge is 2.36. The number of carboxylic acids is 1. The zero-order valence-corrected chi connectivity index (χ0v) is 24.6. The van der Waals surface area contributed by atoms with E-state index in [1.165, 1.54) is 0 Å². The molecular formula is C33H42N2O4. The molecule has 0 aliphatic carbocycles. The highest BCUT2D eigenvalue weighted by atomic mass is 16.5. The number of aromatic nitrogens is 1. The van der Waals surface area contributed by atoms with E-state index >= 15 is 0 Å². The molecule has 1 atom stereocenters. The number of benzene rings is 2. The largest absolute Gasteiger partial charge is 0.497 e. The van der Waals surface area contributed by atoms with Gasteiger partial charge in [-0.25, -0.2) is 4.79 Å². The van der Waals surface area contributed by atoms with E-state index in [1.807, 2.05) is 52.8 Å². The van der Waals surface area contributed by atoms with Crippen molar-refractivity contribution >= 4 is 11.7 Å². The van der Waals surface area contributed by atoms with Gasteiger partial charge in [0.2, 0.25) is 0 Å². The molecule has 6 nitrogen and oxygen atoms in total. The number of aryl methyl sites for hydroxylation is 2. The number of rotatable bonds is 7. The van der Waals surface area contributed by atoms with Crippen molar-refractivity contribution in [3.8, 4) is 28.0 Å².